The molecule has 0 radical (unpaired) electrons. The topological polar surface area (TPSA) is 69.4 Å². The zero-order chi connectivity index (χ0) is 9.90. The first kappa shape index (κ1) is 10.1. The Morgan fingerprint density at radius 2 is 2.38 bits per heavy atom. The molecule has 0 saturated carbocycles. The summed E-state index contributed by atoms with van der Waals surface area (Å²) in [6.45, 7) is 0.180. The van der Waals surface area contributed by atoms with Crippen LogP contribution < -0.4 is 0 Å². The highest BCUT2D eigenvalue weighted by Gasteiger charge is 2.13. The third kappa shape index (κ3) is 3.51. The number of aromatic nitrogens is 1. The Balaban J connectivity index is 2.69. The summed E-state index contributed by atoms with van der Waals surface area (Å²) in [5.74, 6) is -0.402. The lowest BCUT2D eigenvalue weighted by Crippen LogP contribution is -1.95. The van der Waals surface area contributed by atoms with Gasteiger partial charge < -0.3 is 9.26 Å². The van der Waals surface area contributed by atoms with Gasteiger partial charge in [-0.25, -0.2) is 0 Å². The third-order valence-corrected chi connectivity index (χ3v) is 1.86. The molecule has 74 valence electrons. The number of methoxy groups -OCH3 is 1. The van der Waals surface area contributed by atoms with E-state index in [1.54, 1.807) is 0 Å². The summed E-state index contributed by atoms with van der Waals surface area (Å²) in [6.07, 6.45) is 0. The lowest BCUT2D eigenvalue weighted by molar-refractivity contribution is 0.156. The molecular weight excluding hydrogens is 201 g/mol. The van der Waals surface area contributed by atoms with Crippen LogP contribution in [-0.2, 0) is 27.3 Å². The molecule has 0 bridgehead atoms. The summed E-state index contributed by atoms with van der Waals surface area (Å²) in [6, 6.07) is 1.33. The zero-order valence-corrected chi connectivity index (χ0v) is 7.67. The Kier molecular flexibility index (Phi) is 2.99. The van der Waals surface area contributed by atoms with E-state index in [0.717, 1.165) is 0 Å². The second-order valence-electron chi connectivity index (χ2n) is 2.40. The minimum absolute atomic E-state index is 0.0366. The Labute approximate surface area is 74.7 Å². The fourth-order valence-corrected chi connectivity index (χ4v) is 1.30. The average Bonchev–Trinajstić information content (AvgIpc) is 2.33. The van der Waals surface area contributed by atoms with Gasteiger partial charge in [0.15, 0.2) is 5.76 Å². The normalized spacial score (nSPS) is 11.8. The highest BCUT2D eigenvalue weighted by atomic mass is 32.3. The Morgan fingerprint density at radius 3 is 2.92 bits per heavy atom. The van der Waals surface area contributed by atoms with Crippen LogP contribution in [0, 0.1) is 0 Å². The molecule has 0 aliphatic heterocycles. The minimum atomic E-state index is -4.54. The highest BCUT2D eigenvalue weighted by molar-refractivity contribution is 7.85. The van der Waals surface area contributed by atoms with Crippen LogP contribution in [0.15, 0.2) is 10.6 Å². The molecule has 7 heteroatoms. The molecule has 1 heterocycles. The first-order valence-corrected chi connectivity index (χ1v) is 4.92. The van der Waals surface area contributed by atoms with Crippen LogP contribution in [0.4, 0.5) is 3.89 Å². The van der Waals surface area contributed by atoms with E-state index in [4.69, 9.17) is 4.74 Å². The van der Waals surface area contributed by atoms with E-state index in [9.17, 15) is 12.3 Å². The molecule has 0 fully saturated rings. The zero-order valence-electron chi connectivity index (χ0n) is 6.86. The molecule has 13 heavy (non-hydrogen) atoms. The van der Waals surface area contributed by atoms with Crippen molar-refractivity contribution in [2.75, 3.05) is 7.11 Å². The molecule has 0 N–H and O–H groups in total. The molecule has 0 aliphatic rings. The van der Waals surface area contributed by atoms with Gasteiger partial charge >= 0.3 is 10.2 Å². The number of hydrogen-bond acceptors (Lipinski definition) is 5. The van der Waals surface area contributed by atoms with Gasteiger partial charge in [-0.05, 0) is 0 Å². The third-order valence-electron chi connectivity index (χ3n) is 1.21. The molecule has 0 aliphatic carbocycles. The van der Waals surface area contributed by atoms with Crippen molar-refractivity contribution >= 4 is 10.2 Å². The number of rotatable bonds is 4. The van der Waals surface area contributed by atoms with E-state index in [1.165, 1.54) is 13.2 Å². The van der Waals surface area contributed by atoms with E-state index in [2.05, 4.69) is 9.68 Å². The average molecular weight is 209 g/mol. The first-order chi connectivity index (χ1) is 6.01. The van der Waals surface area contributed by atoms with Gasteiger partial charge in [0.1, 0.15) is 18.1 Å². The lowest BCUT2D eigenvalue weighted by Gasteiger charge is -1.87. The van der Waals surface area contributed by atoms with E-state index in [0.29, 0.717) is 5.76 Å². The van der Waals surface area contributed by atoms with Gasteiger partial charge in [0, 0.05) is 13.2 Å². The van der Waals surface area contributed by atoms with Crippen LogP contribution >= 0.6 is 0 Å². The van der Waals surface area contributed by atoms with Crippen molar-refractivity contribution in [3.05, 3.63) is 17.5 Å². The predicted octanol–water partition coefficient (Wildman–Crippen LogP) is 0.620. The number of ether oxygens (including phenoxy) is 1. The van der Waals surface area contributed by atoms with E-state index < -0.39 is 16.0 Å². The fourth-order valence-electron chi connectivity index (χ4n) is 0.811. The molecule has 1 aromatic rings. The van der Waals surface area contributed by atoms with Gasteiger partial charge in [-0.2, -0.15) is 8.42 Å². The summed E-state index contributed by atoms with van der Waals surface area (Å²) in [5, 5.41) is 3.35. The largest absolute Gasteiger partial charge is 0.377 e. The fraction of sp³-hybridized carbons (Fsp3) is 0.500. The maximum absolute atomic E-state index is 12.1. The van der Waals surface area contributed by atoms with Crippen LogP contribution in [0.3, 0.4) is 0 Å². The molecule has 0 amide bonds. The lowest BCUT2D eigenvalue weighted by atomic mass is 10.4. The van der Waals surface area contributed by atoms with Gasteiger partial charge in [0.2, 0.25) is 0 Å². The van der Waals surface area contributed by atoms with Gasteiger partial charge in [-0.1, -0.05) is 5.16 Å². The van der Waals surface area contributed by atoms with Crippen LogP contribution in [0.1, 0.15) is 11.5 Å². The summed E-state index contributed by atoms with van der Waals surface area (Å²) in [7, 11) is -3.09. The molecule has 0 aromatic carbocycles. The molecule has 0 saturated heterocycles. The van der Waals surface area contributed by atoms with Gasteiger partial charge in [-0.15, -0.1) is 3.89 Å². The van der Waals surface area contributed by atoms with Crippen molar-refractivity contribution in [2.45, 2.75) is 12.4 Å². The minimum Gasteiger partial charge on any atom is -0.377 e. The van der Waals surface area contributed by atoms with Gasteiger partial charge in [0.05, 0.1) is 0 Å². The maximum Gasteiger partial charge on any atom is 0.308 e. The van der Waals surface area contributed by atoms with E-state index in [-0.39, 0.29) is 12.3 Å². The van der Waals surface area contributed by atoms with Gasteiger partial charge in [-0.3, -0.25) is 0 Å². The quantitative estimate of drug-likeness (QED) is 0.680. The van der Waals surface area contributed by atoms with E-state index >= 15 is 0 Å². The van der Waals surface area contributed by atoms with Gasteiger partial charge in [0.25, 0.3) is 0 Å². The molecule has 1 aromatic heterocycles. The molecule has 0 atom stereocenters. The summed E-state index contributed by atoms with van der Waals surface area (Å²) >= 11 is 0. The van der Waals surface area contributed by atoms with Crippen molar-refractivity contribution in [3.8, 4) is 0 Å². The number of hydrogen-bond donors (Lipinski definition) is 0. The van der Waals surface area contributed by atoms with Crippen LogP contribution in [0.5, 0.6) is 0 Å². The molecular formula is C6H8FNO4S. The van der Waals surface area contributed by atoms with Crippen molar-refractivity contribution in [2.24, 2.45) is 0 Å². The van der Waals surface area contributed by atoms with Crippen molar-refractivity contribution in [1.82, 2.24) is 5.16 Å². The maximum atomic E-state index is 12.1. The second-order valence-corrected chi connectivity index (χ2v) is 3.77. The summed E-state index contributed by atoms with van der Waals surface area (Å²) in [5.41, 5.74) is 0.0366. The molecule has 5 nitrogen and oxygen atoms in total. The SMILES string of the molecule is COCc1cc(CS(=O)(=O)F)no1. The standard InChI is InChI=1S/C6H8FNO4S/c1-11-3-6-2-5(8-12-6)4-13(7,9)10/h2H,3-4H2,1H3. The Morgan fingerprint density at radius 1 is 1.69 bits per heavy atom. The number of halogens is 1. The second kappa shape index (κ2) is 3.84. The smallest absolute Gasteiger partial charge is 0.308 e. The molecule has 0 spiro atoms. The Hall–Kier alpha value is -0.950. The van der Waals surface area contributed by atoms with Crippen LogP contribution in [0.2, 0.25) is 0 Å². The summed E-state index contributed by atoms with van der Waals surface area (Å²) < 4.78 is 41.8. The summed E-state index contributed by atoms with van der Waals surface area (Å²) in [4.78, 5) is 0. The van der Waals surface area contributed by atoms with Crippen LogP contribution in [0.25, 0.3) is 0 Å². The predicted molar refractivity (Wildman–Crippen MR) is 40.9 cm³/mol. The van der Waals surface area contributed by atoms with E-state index in [1.807, 2.05) is 0 Å². The number of nitrogens with zero attached hydrogens (tertiary/aromatic N) is 1. The highest BCUT2D eigenvalue weighted by Crippen LogP contribution is 2.09. The van der Waals surface area contributed by atoms with Crippen molar-refractivity contribution in [3.63, 3.8) is 0 Å². The van der Waals surface area contributed by atoms with Crippen molar-refractivity contribution < 1.29 is 21.6 Å². The Bertz CT molecular complexity index is 372. The van der Waals surface area contributed by atoms with Crippen LogP contribution in [-0.4, -0.2) is 20.7 Å². The monoisotopic (exact) mass is 209 g/mol. The molecule has 0 unspecified atom stereocenters. The van der Waals surface area contributed by atoms with Crippen molar-refractivity contribution in [1.29, 1.82) is 0 Å². The molecule has 1 rings (SSSR count). The first-order valence-electron chi connectivity index (χ1n) is 3.37.